The third-order valence-electron chi connectivity index (χ3n) is 1.87. The molecule has 0 rings (SSSR count). The minimum Gasteiger partial charge on any atom is -0.366 e. The fourth-order valence-electron chi connectivity index (χ4n) is 0.985. The van der Waals surface area contributed by atoms with Crippen molar-refractivity contribution in [2.24, 2.45) is 5.73 Å². The summed E-state index contributed by atoms with van der Waals surface area (Å²) in [5.41, 5.74) is 5.76. The van der Waals surface area contributed by atoms with E-state index >= 15 is 0 Å². The van der Waals surface area contributed by atoms with E-state index in [1.165, 1.54) is 0 Å². The summed E-state index contributed by atoms with van der Waals surface area (Å²) in [5.74, 6) is -0.315. The molecule has 0 bridgehead atoms. The van der Waals surface area contributed by atoms with Crippen molar-refractivity contribution in [2.45, 2.75) is 19.8 Å². The molecule has 0 radical (unpaired) electrons. The number of nitrogens with two attached hydrogens (primary N) is 1. The van der Waals surface area contributed by atoms with Gasteiger partial charge in [0.05, 0.1) is 27.7 Å². The van der Waals surface area contributed by atoms with Gasteiger partial charge in [0.2, 0.25) is 5.91 Å². The highest BCUT2D eigenvalue weighted by Crippen LogP contribution is 2.01. The van der Waals surface area contributed by atoms with Gasteiger partial charge in [0, 0.05) is 12.0 Å². The number of amides is 1. The molecule has 0 unspecified atom stereocenters. The first-order valence-electron chi connectivity index (χ1n) is 4.60. The van der Waals surface area contributed by atoms with Gasteiger partial charge in [-0.25, -0.2) is 0 Å². The topological polar surface area (TPSA) is 43.1 Å². The Hall–Kier alpha value is -0.830. The lowest BCUT2D eigenvalue weighted by Crippen LogP contribution is -2.35. The Kier molecular flexibility index (Phi) is 4.70. The molecule has 1 amide bonds. The summed E-state index contributed by atoms with van der Waals surface area (Å²) in [4.78, 5) is 10.6. The second kappa shape index (κ2) is 5.02. The fraction of sp³-hybridized carbons (Fsp3) is 0.700. The van der Waals surface area contributed by atoms with Gasteiger partial charge in [-0.05, 0) is 13.3 Å². The molecule has 0 atom stereocenters. The number of primary amides is 1. The summed E-state index contributed by atoms with van der Waals surface area (Å²) in [6.07, 6.45) is 3.94. The first kappa shape index (κ1) is 12.2. The van der Waals surface area contributed by atoms with Gasteiger partial charge in [0.1, 0.15) is 0 Å². The Morgan fingerprint density at radius 3 is 2.31 bits per heavy atom. The van der Waals surface area contributed by atoms with Crippen LogP contribution in [-0.2, 0) is 4.79 Å². The smallest absolute Gasteiger partial charge is 0.244 e. The van der Waals surface area contributed by atoms with Gasteiger partial charge < -0.3 is 10.2 Å². The van der Waals surface area contributed by atoms with Crippen molar-refractivity contribution >= 4 is 5.91 Å². The number of hydrogen-bond acceptors (Lipinski definition) is 1. The van der Waals surface area contributed by atoms with E-state index in [0.29, 0.717) is 5.57 Å². The van der Waals surface area contributed by atoms with E-state index in [4.69, 9.17) is 5.73 Å². The Bertz CT molecular complexity index is 201. The Morgan fingerprint density at radius 1 is 1.38 bits per heavy atom. The predicted octanol–water partition coefficient (Wildman–Crippen LogP) is 0.904. The Morgan fingerprint density at radius 2 is 1.92 bits per heavy atom. The molecule has 0 aliphatic carbocycles. The molecule has 3 heteroatoms. The molecule has 0 aromatic heterocycles. The van der Waals surface area contributed by atoms with E-state index in [-0.39, 0.29) is 5.91 Å². The van der Waals surface area contributed by atoms with Gasteiger partial charge >= 0.3 is 0 Å². The molecule has 0 aliphatic rings. The van der Waals surface area contributed by atoms with E-state index < -0.39 is 0 Å². The summed E-state index contributed by atoms with van der Waals surface area (Å²) < 4.78 is 0.962. The zero-order valence-electron chi connectivity index (χ0n) is 9.13. The molecule has 0 aliphatic heterocycles. The molecule has 0 heterocycles. The SMILES string of the molecule is CC(=CCCC[N+](C)(C)C)C(N)=O. The van der Waals surface area contributed by atoms with Crippen LogP contribution in [0.3, 0.4) is 0 Å². The van der Waals surface area contributed by atoms with Crippen LogP contribution in [0.1, 0.15) is 19.8 Å². The second-order valence-electron chi connectivity index (χ2n) is 4.41. The minimum absolute atomic E-state index is 0.315. The first-order valence-corrected chi connectivity index (χ1v) is 4.60. The molecule has 3 nitrogen and oxygen atoms in total. The lowest BCUT2D eigenvalue weighted by atomic mass is 10.2. The van der Waals surface area contributed by atoms with Crippen LogP contribution in [0.15, 0.2) is 11.6 Å². The van der Waals surface area contributed by atoms with Crippen LogP contribution in [0.25, 0.3) is 0 Å². The van der Waals surface area contributed by atoms with Crippen molar-refractivity contribution in [1.29, 1.82) is 0 Å². The predicted molar refractivity (Wildman–Crippen MR) is 55.1 cm³/mol. The van der Waals surface area contributed by atoms with Gasteiger partial charge in [-0.3, -0.25) is 4.79 Å². The molecule has 0 fully saturated rings. The summed E-state index contributed by atoms with van der Waals surface area (Å²) in [6, 6.07) is 0. The quantitative estimate of drug-likeness (QED) is 0.386. The minimum atomic E-state index is -0.315. The van der Waals surface area contributed by atoms with Crippen molar-refractivity contribution in [1.82, 2.24) is 0 Å². The van der Waals surface area contributed by atoms with E-state index in [1.54, 1.807) is 6.92 Å². The first-order chi connectivity index (χ1) is 5.83. The number of nitrogens with zero attached hydrogens (tertiary/aromatic N) is 1. The number of carbonyl (C=O) groups excluding carboxylic acids is 1. The van der Waals surface area contributed by atoms with Crippen LogP contribution in [0.4, 0.5) is 0 Å². The van der Waals surface area contributed by atoms with Crippen LogP contribution in [0, 0.1) is 0 Å². The zero-order valence-corrected chi connectivity index (χ0v) is 9.13. The average molecular weight is 185 g/mol. The molecular weight excluding hydrogens is 164 g/mol. The van der Waals surface area contributed by atoms with Crippen LogP contribution in [0.2, 0.25) is 0 Å². The largest absolute Gasteiger partial charge is 0.366 e. The maximum atomic E-state index is 10.6. The zero-order chi connectivity index (χ0) is 10.5. The number of quaternary nitrogens is 1. The highest BCUT2D eigenvalue weighted by molar-refractivity contribution is 5.91. The highest BCUT2D eigenvalue weighted by atomic mass is 16.1. The summed E-state index contributed by atoms with van der Waals surface area (Å²) in [6.45, 7) is 2.87. The molecule has 76 valence electrons. The molecule has 0 spiro atoms. The number of carbonyl (C=O) groups is 1. The molecule has 0 aromatic carbocycles. The maximum absolute atomic E-state index is 10.6. The molecule has 0 saturated carbocycles. The van der Waals surface area contributed by atoms with Crippen LogP contribution < -0.4 is 5.73 Å². The number of allylic oxidation sites excluding steroid dienone is 1. The van der Waals surface area contributed by atoms with Gasteiger partial charge in [-0.1, -0.05) is 6.08 Å². The van der Waals surface area contributed by atoms with Crippen molar-refractivity contribution in [2.75, 3.05) is 27.7 Å². The van der Waals surface area contributed by atoms with Crippen molar-refractivity contribution in [3.05, 3.63) is 11.6 Å². The Balaban J connectivity index is 3.68. The molecule has 2 N–H and O–H groups in total. The van der Waals surface area contributed by atoms with E-state index in [2.05, 4.69) is 21.1 Å². The number of unbranched alkanes of at least 4 members (excludes halogenated alkanes) is 1. The summed E-state index contributed by atoms with van der Waals surface area (Å²) in [7, 11) is 6.47. The third kappa shape index (κ3) is 7.53. The van der Waals surface area contributed by atoms with E-state index in [0.717, 1.165) is 23.9 Å². The summed E-state index contributed by atoms with van der Waals surface area (Å²) >= 11 is 0. The summed E-state index contributed by atoms with van der Waals surface area (Å²) in [5, 5.41) is 0. The normalized spacial score (nSPS) is 13.1. The molecule has 0 aromatic rings. The fourth-order valence-corrected chi connectivity index (χ4v) is 0.985. The van der Waals surface area contributed by atoms with Crippen LogP contribution in [-0.4, -0.2) is 38.1 Å². The van der Waals surface area contributed by atoms with Crippen LogP contribution >= 0.6 is 0 Å². The lowest BCUT2D eigenvalue weighted by molar-refractivity contribution is -0.870. The lowest BCUT2D eigenvalue weighted by Gasteiger charge is -2.23. The van der Waals surface area contributed by atoms with Gasteiger partial charge in [0.25, 0.3) is 0 Å². The van der Waals surface area contributed by atoms with E-state index in [1.807, 2.05) is 6.08 Å². The highest BCUT2D eigenvalue weighted by Gasteiger charge is 2.04. The monoisotopic (exact) mass is 185 g/mol. The van der Waals surface area contributed by atoms with Gasteiger partial charge in [-0.2, -0.15) is 0 Å². The molecular formula is C10H21N2O+. The van der Waals surface area contributed by atoms with Crippen molar-refractivity contribution < 1.29 is 9.28 Å². The third-order valence-corrected chi connectivity index (χ3v) is 1.87. The van der Waals surface area contributed by atoms with E-state index in [9.17, 15) is 4.79 Å². The van der Waals surface area contributed by atoms with Gasteiger partial charge in [-0.15, -0.1) is 0 Å². The van der Waals surface area contributed by atoms with Crippen LogP contribution in [0.5, 0.6) is 0 Å². The maximum Gasteiger partial charge on any atom is 0.244 e. The number of hydrogen-bond donors (Lipinski definition) is 1. The average Bonchev–Trinajstić information content (AvgIpc) is 1.95. The molecule has 0 saturated heterocycles. The Labute approximate surface area is 80.8 Å². The molecule has 13 heavy (non-hydrogen) atoms. The number of rotatable bonds is 5. The standard InChI is InChI=1S/C10H20N2O/c1-9(10(11)13)7-5-6-8-12(2,3)4/h7H,5-6,8H2,1-4H3,(H-,11,13)/p+1. The second-order valence-corrected chi connectivity index (χ2v) is 4.41. The van der Waals surface area contributed by atoms with Crippen molar-refractivity contribution in [3.8, 4) is 0 Å². The van der Waals surface area contributed by atoms with Gasteiger partial charge in [0.15, 0.2) is 0 Å². The van der Waals surface area contributed by atoms with Crippen molar-refractivity contribution in [3.63, 3.8) is 0 Å².